The quantitative estimate of drug-likeness (QED) is 0.139. The second-order valence-corrected chi connectivity index (χ2v) is 13.5. The molecule has 0 spiro atoms. The minimum Gasteiger partial charge on any atom is -0.310 e. The third kappa shape index (κ3) is 6.89. The molecule has 54 heavy (non-hydrogen) atoms. The van der Waals surface area contributed by atoms with E-state index in [0.29, 0.717) is 0 Å². The normalized spacial score (nSPS) is 11.3. The van der Waals surface area contributed by atoms with Gasteiger partial charge in [0, 0.05) is 34.1 Å². The van der Waals surface area contributed by atoms with Gasteiger partial charge in [0.2, 0.25) is 0 Å². The van der Waals surface area contributed by atoms with Crippen molar-refractivity contribution in [2.45, 2.75) is 0 Å². The zero-order chi connectivity index (χ0) is 36.1. The molecule has 0 N–H and O–H groups in total. The summed E-state index contributed by atoms with van der Waals surface area (Å²) in [6.07, 6.45) is 4.36. The lowest BCUT2D eigenvalue weighted by atomic mass is 10.0. The Kier molecular flexibility index (Phi) is 8.99. The smallest absolute Gasteiger partial charge is 0.0468 e. The van der Waals surface area contributed by atoms with Gasteiger partial charge in [-0.05, 0) is 117 Å². The molecule has 0 bridgehead atoms. The van der Waals surface area contributed by atoms with Crippen LogP contribution in [0.2, 0.25) is 0 Å². The maximum atomic E-state index is 2.32. The predicted octanol–water partition coefficient (Wildman–Crippen LogP) is 14.8. The molecule has 0 heterocycles. The lowest BCUT2D eigenvalue weighted by molar-refractivity contribution is 1.29. The van der Waals surface area contributed by atoms with Crippen LogP contribution in [0.5, 0.6) is 0 Å². The Hall–Kier alpha value is -7.16. The molecule has 2 nitrogen and oxygen atoms in total. The fourth-order valence-corrected chi connectivity index (χ4v) is 7.20. The SMILES string of the molecule is C(=C\c1ccc(N(c2ccccc2)c2ccc3ccccc3c2)cc1)/c1ccc(-c2ccc(N(c3ccccc3)c3ccc4ccccc4c3)cc2)cc1. The Labute approximate surface area is 317 Å². The molecular weight excluding hydrogens is 653 g/mol. The van der Waals surface area contributed by atoms with Gasteiger partial charge in [-0.1, -0.05) is 158 Å². The highest BCUT2D eigenvalue weighted by molar-refractivity contribution is 5.91. The Morgan fingerprint density at radius 3 is 1.00 bits per heavy atom. The molecule has 2 heteroatoms. The van der Waals surface area contributed by atoms with Gasteiger partial charge >= 0.3 is 0 Å². The highest BCUT2D eigenvalue weighted by atomic mass is 15.1. The number of anilines is 6. The first kappa shape index (κ1) is 32.7. The van der Waals surface area contributed by atoms with Crippen LogP contribution >= 0.6 is 0 Å². The van der Waals surface area contributed by atoms with E-state index in [1.165, 1.54) is 32.7 Å². The molecule has 9 aromatic carbocycles. The van der Waals surface area contributed by atoms with E-state index >= 15 is 0 Å². The Morgan fingerprint density at radius 2 is 0.556 bits per heavy atom. The maximum Gasteiger partial charge on any atom is 0.0468 e. The number of para-hydroxylation sites is 2. The zero-order valence-electron chi connectivity index (χ0n) is 29.8. The van der Waals surface area contributed by atoms with E-state index in [0.717, 1.165) is 45.3 Å². The van der Waals surface area contributed by atoms with Crippen LogP contribution in [0.15, 0.2) is 218 Å². The molecule has 0 aliphatic heterocycles. The molecule has 0 aromatic heterocycles. The lowest BCUT2D eigenvalue weighted by Gasteiger charge is -2.26. The minimum absolute atomic E-state index is 1.12. The van der Waals surface area contributed by atoms with Crippen LogP contribution in [0.3, 0.4) is 0 Å². The van der Waals surface area contributed by atoms with Crippen molar-refractivity contribution in [1.29, 1.82) is 0 Å². The average Bonchev–Trinajstić information content (AvgIpc) is 3.25. The van der Waals surface area contributed by atoms with Crippen molar-refractivity contribution in [1.82, 2.24) is 0 Å². The summed E-state index contributed by atoms with van der Waals surface area (Å²) >= 11 is 0. The monoisotopic (exact) mass is 690 g/mol. The third-order valence-corrected chi connectivity index (χ3v) is 10.0. The molecular formula is C52H38N2. The number of rotatable bonds is 9. The molecule has 256 valence electrons. The van der Waals surface area contributed by atoms with E-state index in [9.17, 15) is 0 Å². The van der Waals surface area contributed by atoms with E-state index in [2.05, 4.69) is 240 Å². The van der Waals surface area contributed by atoms with Gasteiger partial charge in [0.15, 0.2) is 0 Å². The topological polar surface area (TPSA) is 6.48 Å². The van der Waals surface area contributed by atoms with Gasteiger partial charge < -0.3 is 9.80 Å². The second kappa shape index (κ2) is 14.8. The summed E-state index contributed by atoms with van der Waals surface area (Å²) in [5.74, 6) is 0. The van der Waals surface area contributed by atoms with E-state index in [1.54, 1.807) is 0 Å². The van der Waals surface area contributed by atoms with Gasteiger partial charge in [0.05, 0.1) is 0 Å². The number of nitrogens with zero attached hydrogens (tertiary/aromatic N) is 2. The average molecular weight is 691 g/mol. The summed E-state index contributed by atoms with van der Waals surface area (Å²) in [7, 11) is 0. The zero-order valence-corrected chi connectivity index (χ0v) is 29.8. The number of fused-ring (bicyclic) bond motifs is 2. The molecule has 0 aliphatic carbocycles. The first-order valence-corrected chi connectivity index (χ1v) is 18.4. The van der Waals surface area contributed by atoms with Gasteiger partial charge in [-0.3, -0.25) is 0 Å². The van der Waals surface area contributed by atoms with Crippen LogP contribution in [-0.4, -0.2) is 0 Å². The molecule has 0 amide bonds. The fraction of sp³-hybridized carbons (Fsp3) is 0. The van der Waals surface area contributed by atoms with E-state index in [1.807, 2.05) is 0 Å². The van der Waals surface area contributed by atoms with Crippen LogP contribution < -0.4 is 9.80 Å². The van der Waals surface area contributed by atoms with Crippen molar-refractivity contribution in [3.05, 3.63) is 230 Å². The van der Waals surface area contributed by atoms with Crippen molar-refractivity contribution in [3.63, 3.8) is 0 Å². The van der Waals surface area contributed by atoms with Gasteiger partial charge in [-0.15, -0.1) is 0 Å². The van der Waals surface area contributed by atoms with Crippen molar-refractivity contribution in [3.8, 4) is 11.1 Å². The highest BCUT2D eigenvalue weighted by Crippen LogP contribution is 2.38. The van der Waals surface area contributed by atoms with Crippen LogP contribution in [-0.2, 0) is 0 Å². The molecule has 0 fully saturated rings. The standard InChI is InChI=1S/C52H38N2/c1-3-15-47(16-4-1)53(51-35-29-41-11-7-9-13-45(41)37-51)49-31-23-40(24-32-49)20-19-39-21-25-43(26-22-39)44-27-33-50(34-28-44)54(48-17-5-2-6-18-48)52-36-30-42-12-8-10-14-46(42)38-52/h1-38H/b20-19+. The Morgan fingerprint density at radius 1 is 0.241 bits per heavy atom. The summed E-state index contributed by atoms with van der Waals surface area (Å²) in [5.41, 5.74) is 11.5. The molecule has 9 rings (SSSR count). The lowest BCUT2D eigenvalue weighted by Crippen LogP contribution is -2.09. The summed E-state index contributed by atoms with van der Waals surface area (Å²) in [6, 6.07) is 77.9. The molecule has 0 aliphatic rings. The fourth-order valence-electron chi connectivity index (χ4n) is 7.20. The number of hydrogen-bond donors (Lipinski definition) is 0. The largest absolute Gasteiger partial charge is 0.310 e. The molecule has 0 unspecified atom stereocenters. The first-order valence-electron chi connectivity index (χ1n) is 18.4. The van der Waals surface area contributed by atoms with Crippen LogP contribution in [0, 0.1) is 0 Å². The number of hydrogen-bond acceptors (Lipinski definition) is 2. The van der Waals surface area contributed by atoms with Gasteiger partial charge in [0.25, 0.3) is 0 Å². The molecule has 0 atom stereocenters. The van der Waals surface area contributed by atoms with E-state index in [-0.39, 0.29) is 0 Å². The summed E-state index contributed by atoms with van der Waals surface area (Å²) < 4.78 is 0. The first-order chi connectivity index (χ1) is 26.7. The third-order valence-electron chi connectivity index (χ3n) is 10.0. The summed E-state index contributed by atoms with van der Waals surface area (Å²) in [4.78, 5) is 4.63. The molecule has 9 aromatic rings. The summed E-state index contributed by atoms with van der Waals surface area (Å²) in [5, 5.41) is 4.93. The molecule has 0 saturated heterocycles. The van der Waals surface area contributed by atoms with Crippen molar-refractivity contribution in [2.75, 3.05) is 9.80 Å². The van der Waals surface area contributed by atoms with Gasteiger partial charge in [0.1, 0.15) is 0 Å². The van der Waals surface area contributed by atoms with Gasteiger partial charge in [-0.2, -0.15) is 0 Å². The molecule has 0 saturated carbocycles. The van der Waals surface area contributed by atoms with Crippen molar-refractivity contribution >= 4 is 67.8 Å². The van der Waals surface area contributed by atoms with E-state index in [4.69, 9.17) is 0 Å². The molecule has 0 radical (unpaired) electrons. The van der Waals surface area contributed by atoms with Crippen LogP contribution in [0.4, 0.5) is 34.1 Å². The Bertz CT molecular complexity index is 2680. The van der Waals surface area contributed by atoms with E-state index < -0.39 is 0 Å². The van der Waals surface area contributed by atoms with Gasteiger partial charge in [-0.25, -0.2) is 0 Å². The minimum atomic E-state index is 1.12. The van der Waals surface area contributed by atoms with Crippen molar-refractivity contribution in [2.24, 2.45) is 0 Å². The van der Waals surface area contributed by atoms with Crippen LogP contribution in [0.1, 0.15) is 11.1 Å². The Balaban J connectivity index is 0.927. The second-order valence-electron chi connectivity index (χ2n) is 13.5. The number of benzene rings is 9. The predicted molar refractivity (Wildman–Crippen MR) is 232 cm³/mol. The summed E-state index contributed by atoms with van der Waals surface area (Å²) in [6.45, 7) is 0. The highest BCUT2D eigenvalue weighted by Gasteiger charge is 2.14. The van der Waals surface area contributed by atoms with Crippen molar-refractivity contribution < 1.29 is 0 Å². The maximum absolute atomic E-state index is 2.32. The van der Waals surface area contributed by atoms with Crippen LogP contribution in [0.25, 0.3) is 44.8 Å².